The highest BCUT2D eigenvalue weighted by Crippen LogP contribution is 2.33. The van der Waals surface area contributed by atoms with Gasteiger partial charge in [0.1, 0.15) is 0 Å². The van der Waals surface area contributed by atoms with Gasteiger partial charge < -0.3 is 11.1 Å². The first-order valence-electron chi connectivity index (χ1n) is 5.45. The second-order valence-electron chi connectivity index (χ2n) is 4.41. The molecule has 0 aromatic rings. The number of carbonyl (C=O) groups excluding carboxylic acids is 1. The smallest absolute Gasteiger partial charge is 0.227 e. The summed E-state index contributed by atoms with van der Waals surface area (Å²) in [6.07, 6.45) is 6.96. The van der Waals surface area contributed by atoms with Crippen LogP contribution in [0, 0.1) is 11.8 Å². The van der Waals surface area contributed by atoms with Gasteiger partial charge in [0.05, 0.1) is 5.92 Å². The first-order chi connectivity index (χ1) is 6.70. The van der Waals surface area contributed by atoms with Crippen LogP contribution in [0.5, 0.6) is 0 Å². The third kappa shape index (κ3) is 1.98. The molecule has 0 aromatic heterocycles. The number of hydrogen-bond acceptors (Lipinski definition) is 2. The summed E-state index contributed by atoms with van der Waals surface area (Å²) in [4.78, 5) is 11.7. The van der Waals surface area contributed by atoms with E-state index in [2.05, 4.69) is 12.2 Å². The van der Waals surface area contributed by atoms with E-state index in [0.29, 0.717) is 6.04 Å². The van der Waals surface area contributed by atoms with Crippen molar-refractivity contribution in [3.05, 3.63) is 12.2 Å². The molecule has 0 heterocycles. The van der Waals surface area contributed by atoms with Gasteiger partial charge in [-0.15, -0.1) is 0 Å². The molecule has 1 saturated carbocycles. The van der Waals surface area contributed by atoms with Gasteiger partial charge in [-0.3, -0.25) is 4.79 Å². The lowest BCUT2D eigenvalue weighted by Gasteiger charge is -2.09. The van der Waals surface area contributed by atoms with Crippen LogP contribution < -0.4 is 11.1 Å². The van der Waals surface area contributed by atoms with Gasteiger partial charge >= 0.3 is 0 Å². The molecular weight excluding hydrogens is 176 g/mol. The quantitative estimate of drug-likeness (QED) is 0.653. The zero-order chi connectivity index (χ0) is 10.1. The predicted octanol–water partition coefficient (Wildman–Crippen LogP) is 0.804. The van der Waals surface area contributed by atoms with Gasteiger partial charge in [-0.1, -0.05) is 25.5 Å². The van der Waals surface area contributed by atoms with Crippen LogP contribution in [-0.2, 0) is 4.79 Å². The SMILES string of the molecule is CCC1CC1NC(=O)C1C=CC(N)C1. The number of hydrogen-bond donors (Lipinski definition) is 2. The molecule has 2 rings (SSSR count). The molecular formula is C11H18N2O. The minimum absolute atomic E-state index is 0.0168. The van der Waals surface area contributed by atoms with E-state index in [1.807, 2.05) is 12.2 Å². The van der Waals surface area contributed by atoms with Crippen LogP contribution in [-0.4, -0.2) is 18.0 Å². The highest BCUT2D eigenvalue weighted by molar-refractivity contribution is 5.81. The van der Waals surface area contributed by atoms with Crippen molar-refractivity contribution in [3.63, 3.8) is 0 Å². The Labute approximate surface area is 84.7 Å². The molecule has 0 aliphatic heterocycles. The van der Waals surface area contributed by atoms with Crippen molar-refractivity contribution in [3.8, 4) is 0 Å². The van der Waals surface area contributed by atoms with Gasteiger partial charge in [-0.05, 0) is 18.8 Å². The number of carbonyl (C=O) groups is 1. The fourth-order valence-electron chi connectivity index (χ4n) is 2.09. The van der Waals surface area contributed by atoms with Crippen molar-refractivity contribution in [1.82, 2.24) is 5.32 Å². The monoisotopic (exact) mass is 194 g/mol. The molecule has 4 unspecified atom stereocenters. The van der Waals surface area contributed by atoms with Gasteiger partial charge in [0.25, 0.3) is 0 Å². The van der Waals surface area contributed by atoms with Crippen molar-refractivity contribution < 1.29 is 4.79 Å². The van der Waals surface area contributed by atoms with Gasteiger partial charge in [-0.2, -0.15) is 0 Å². The summed E-state index contributed by atoms with van der Waals surface area (Å²) < 4.78 is 0. The number of rotatable bonds is 3. The van der Waals surface area contributed by atoms with Gasteiger partial charge in [-0.25, -0.2) is 0 Å². The predicted molar refractivity (Wildman–Crippen MR) is 55.6 cm³/mol. The van der Waals surface area contributed by atoms with E-state index in [1.165, 1.54) is 6.42 Å². The number of nitrogens with two attached hydrogens (primary N) is 1. The van der Waals surface area contributed by atoms with Crippen molar-refractivity contribution in [2.24, 2.45) is 17.6 Å². The van der Waals surface area contributed by atoms with E-state index in [-0.39, 0.29) is 17.9 Å². The molecule has 0 radical (unpaired) electrons. The molecule has 3 nitrogen and oxygen atoms in total. The first kappa shape index (κ1) is 9.71. The Balaban J connectivity index is 1.77. The second-order valence-corrected chi connectivity index (χ2v) is 4.41. The van der Waals surface area contributed by atoms with E-state index < -0.39 is 0 Å². The van der Waals surface area contributed by atoms with Crippen LogP contribution >= 0.6 is 0 Å². The Morgan fingerprint density at radius 1 is 1.50 bits per heavy atom. The zero-order valence-corrected chi connectivity index (χ0v) is 8.57. The summed E-state index contributed by atoms with van der Waals surface area (Å²) in [7, 11) is 0. The standard InChI is InChI=1S/C11H18N2O/c1-2-7-6-10(7)13-11(14)8-3-4-9(12)5-8/h3-4,7-10H,2,5-6,12H2,1H3,(H,13,14). The van der Waals surface area contributed by atoms with Crippen LogP contribution in [0.3, 0.4) is 0 Å². The molecule has 78 valence electrons. The third-order valence-corrected chi connectivity index (χ3v) is 3.23. The lowest BCUT2D eigenvalue weighted by molar-refractivity contribution is -0.123. The van der Waals surface area contributed by atoms with Crippen molar-refractivity contribution in [2.45, 2.75) is 38.3 Å². The van der Waals surface area contributed by atoms with Crippen molar-refractivity contribution >= 4 is 5.91 Å². The minimum Gasteiger partial charge on any atom is -0.353 e. The molecule has 14 heavy (non-hydrogen) atoms. The normalized spacial score (nSPS) is 39.9. The maximum absolute atomic E-state index is 11.7. The molecule has 4 atom stereocenters. The van der Waals surface area contributed by atoms with Crippen LogP contribution in [0.25, 0.3) is 0 Å². The van der Waals surface area contributed by atoms with E-state index in [9.17, 15) is 4.79 Å². The highest BCUT2D eigenvalue weighted by Gasteiger charge is 2.37. The molecule has 1 fully saturated rings. The lowest BCUT2D eigenvalue weighted by atomic mass is 10.1. The summed E-state index contributed by atoms with van der Waals surface area (Å²) >= 11 is 0. The van der Waals surface area contributed by atoms with E-state index in [0.717, 1.165) is 18.8 Å². The molecule has 1 amide bonds. The average Bonchev–Trinajstić information content (AvgIpc) is 2.77. The molecule has 0 spiro atoms. The molecule has 0 bridgehead atoms. The molecule has 2 aliphatic carbocycles. The summed E-state index contributed by atoms with van der Waals surface area (Å²) in [5, 5.41) is 3.07. The van der Waals surface area contributed by atoms with Crippen molar-refractivity contribution in [2.75, 3.05) is 0 Å². The molecule has 3 heteroatoms. The Hall–Kier alpha value is -0.830. The summed E-state index contributed by atoms with van der Waals surface area (Å²) in [5.41, 5.74) is 5.70. The first-order valence-corrected chi connectivity index (χ1v) is 5.45. The summed E-state index contributed by atoms with van der Waals surface area (Å²) in [5.74, 6) is 0.899. The Bertz CT molecular complexity index is 262. The summed E-state index contributed by atoms with van der Waals surface area (Å²) in [6.45, 7) is 2.17. The number of nitrogens with one attached hydrogen (secondary N) is 1. The minimum atomic E-state index is 0.0168. The maximum Gasteiger partial charge on any atom is 0.227 e. The molecule has 2 aliphatic rings. The van der Waals surface area contributed by atoms with E-state index in [1.54, 1.807) is 0 Å². The van der Waals surface area contributed by atoms with Crippen LogP contribution in [0.4, 0.5) is 0 Å². The Kier molecular flexibility index (Phi) is 2.59. The molecule has 3 N–H and O–H groups in total. The van der Waals surface area contributed by atoms with Crippen molar-refractivity contribution in [1.29, 1.82) is 0 Å². The highest BCUT2D eigenvalue weighted by atomic mass is 16.2. The lowest BCUT2D eigenvalue weighted by Crippen LogP contribution is -2.33. The summed E-state index contributed by atoms with van der Waals surface area (Å²) in [6, 6.07) is 0.518. The Morgan fingerprint density at radius 2 is 2.29 bits per heavy atom. The zero-order valence-electron chi connectivity index (χ0n) is 8.57. The average molecular weight is 194 g/mol. The molecule has 0 aromatic carbocycles. The van der Waals surface area contributed by atoms with Crippen LogP contribution in [0.2, 0.25) is 0 Å². The largest absolute Gasteiger partial charge is 0.353 e. The van der Waals surface area contributed by atoms with Gasteiger partial charge in [0, 0.05) is 12.1 Å². The van der Waals surface area contributed by atoms with Crippen LogP contribution in [0.15, 0.2) is 12.2 Å². The molecule has 0 saturated heterocycles. The van der Waals surface area contributed by atoms with Crippen LogP contribution in [0.1, 0.15) is 26.2 Å². The fourth-order valence-corrected chi connectivity index (χ4v) is 2.09. The second kappa shape index (κ2) is 3.73. The Morgan fingerprint density at radius 3 is 2.79 bits per heavy atom. The van der Waals surface area contributed by atoms with E-state index in [4.69, 9.17) is 5.73 Å². The topological polar surface area (TPSA) is 55.1 Å². The van der Waals surface area contributed by atoms with Gasteiger partial charge in [0.2, 0.25) is 5.91 Å². The van der Waals surface area contributed by atoms with E-state index >= 15 is 0 Å². The number of amides is 1. The third-order valence-electron chi connectivity index (χ3n) is 3.23. The fraction of sp³-hybridized carbons (Fsp3) is 0.727. The van der Waals surface area contributed by atoms with Gasteiger partial charge in [0.15, 0.2) is 0 Å². The maximum atomic E-state index is 11.7.